The third-order valence-corrected chi connectivity index (χ3v) is 3.10. The molecule has 0 saturated heterocycles. The predicted octanol–water partition coefficient (Wildman–Crippen LogP) is 2.08. The molecule has 0 amide bonds. The number of halogens is 3. The Morgan fingerprint density at radius 3 is 2.59 bits per heavy atom. The van der Waals surface area contributed by atoms with Gasteiger partial charge in [0.25, 0.3) is 0 Å². The Morgan fingerprint density at radius 2 is 2.18 bits per heavy atom. The number of nitrogens with zero attached hydrogens (tertiary/aromatic N) is 2. The van der Waals surface area contributed by atoms with E-state index in [1.807, 2.05) is 6.07 Å². The monoisotopic (exact) mass is 243 g/mol. The third kappa shape index (κ3) is 2.15. The van der Waals surface area contributed by atoms with E-state index in [1.165, 1.54) is 0 Å². The summed E-state index contributed by atoms with van der Waals surface area (Å²) in [6, 6.07) is 3.57. The molecular weight excluding hydrogens is 231 g/mol. The summed E-state index contributed by atoms with van der Waals surface area (Å²) in [4.78, 5) is 0. The van der Waals surface area contributed by atoms with Crippen LogP contribution in [0.15, 0.2) is 12.3 Å². The smallest absolute Gasteiger partial charge is 0.342 e. The van der Waals surface area contributed by atoms with E-state index in [0.717, 1.165) is 0 Å². The number of nitrogens with one attached hydrogen (secondary N) is 1. The Hall–Kier alpha value is -1.48. The summed E-state index contributed by atoms with van der Waals surface area (Å²) < 4.78 is 39.5. The van der Waals surface area contributed by atoms with Crippen molar-refractivity contribution in [2.24, 2.45) is 7.05 Å². The number of alkyl halides is 3. The topological polar surface area (TPSA) is 40.8 Å². The Balaban J connectivity index is 2.02. The van der Waals surface area contributed by atoms with Crippen molar-refractivity contribution in [2.75, 3.05) is 0 Å². The molecule has 1 fully saturated rings. The van der Waals surface area contributed by atoms with Crippen molar-refractivity contribution >= 4 is 0 Å². The first-order valence-electron chi connectivity index (χ1n) is 5.25. The summed E-state index contributed by atoms with van der Waals surface area (Å²) in [5.41, 5.74) is -0.562. The molecule has 0 aliphatic heterocycles. The molecule has 0 aromatic carbocycles. The first kappa shape index (κ1) is 12.0. The van der Waals surface area contributed by atoms with Crippen LogP contribution in [0.4, 0.5) is 13.2 Å². The molecule has 0 radical (unpaired) electrons. The van der Waals surface area contributed by atoms with Crippen LogP contribution in [-0.4, -0.2) is 16.3 Å². The number of nitriles is 1. The van der Waals surface area contributed by atoms with E-state index in [-0.39, 0.29) is 19.4 Å². The van der Waals surface area contributed by atoms with E-state index in [4.69, 9.17) is 5.26 Å². The maximum Gasteiger partial charge on any atom is 0.406 e. The van der Waals surface area contributed by atoms with E-state index in [2.05, 4.69) is 5.32 Å². The number of rotatable bonds is 3. The van der Waals surface area contributed by atoms with Crippen molar-refractivity contribution < 1.29 is 13.2 Å². The second-order valence-electron chi connectivity index (χ2n) is 4.39. The van der Waals surface area contributed by atoms with E-state index >= 15 is 0 Å². The van der Waals surface area contributed by atoms with Gasteiger partial charge in [0.1, 0.15) is 17.3 Å². The Kier molecular flexibility index (Phi) is 2.66. The highest BCUT2D eigenvalue weighted by atomic mass is 19.4. The maximum absolute atomic E-state index is 12.6. The number of aromatic nitrogens is 1. The fourth-order valence-corrected chi connectivity index (χ4v) is 1.80. The molecule has 6 heteroatoms. The molecule has 1 N–H and O–H groups in total. The molecular formula is C11H12F3N3. The van der Waals surface area contributed by atoms with Gasteiger partial charge in [-0.05, 0) is 24.5 Å². The van der Waals surface area contributed by atoms with Gasteiger partial charge >= 0.3 is 6.18 Å². The van der Waals surface area contributed by atoms with Crippen molar-refractivity contribution in [1.82, 2.24) is 9.88 Å². The number of aryl methyl sites for hydroxylation is 1. The van der Waals surface area contributed by atoms with Gasteiger partial charge in [0.05, 0.1) is 0 Å². The van der Waals surface area contributed by atoms with Gasteiger partial charge in [-0.25, -0.2) is 0 Å². The summed E-state index contributed by atoms with van der Waals surface area (Å²) in [6.45, 7) is 0.134. The molecule has 2 rings (SSSR count). The summed E-state index contributed by atoms with van der Waals surface area (Å²) in [6.07, 6.45) is -2.26. The lowest BCUT2D eigenvalue weighted by Crippen LogP contribution is -2.44. The molecule has 0 bridgehead atoms. The van der Waals surface area contributed by atoms with Gasteiger partial charge in [0, 0.05) is 19.8 Å². The van der Waals surface area contributed by atoms with Gasteiger partial charge in [-0.3, -0.25) is 5.32 Å². The van der Waals surface area contributed by atoms with Gasteiger partial charge in [-0.2, -0.15) is 18.4 Å². The molecule has 1 aliphatic rings. The van der Waals surface area contributed by atoms with Crippen LogP contribution >= 0.6 is 0 Å². The first-order chi connectivity index (χ1) is 7.88. The fourth-order valence-electron chi connectivity index (χ4n) is 1.80. The highest BCUT2D eigenvalue weighted by molar-refractivity contribution is 5.28. The van der Waals surface area contributed by atoms with Crippen LogP contribution in [0.3, 0.4) is 0 Å². The lowest BCUT2D eigenvalue weighted by Gasteiger charge is -2.20. The Morgan fingerprint density at radius 1 is 1.53 bits per heavy atom. The van der Waals surface area contributed by atoms with Crippen molar-refractivity contribution in [3.05, 3.63) is 23.5 Å². The fraction of sp³-hybridized carbons (Fsp3) is 0.545. The lowest BCUT2D eigenvalue weighted by molar-refractivity contribution is -0.166. The largest absolute Gasteiger partial charge is 0.406 e. The van der Waals surface area contributed by atoms with Crippen LogP contribution < -0.4 is 5.32 Å². The van der Waals surface area contributed by atoms with Crippen molar-refractivity contribution in [2.45, 2.75) is 31.1 Å². The molecule has 3 nitrogen and oxygen atoms in total. The average Bonchev–Trinajstić information content (AvgIpc) is 2.95. The molecule has 1 aromatic rings. The molecule has 0 spiro atoms. The zero-order valence-electron chi connectivity index (χ0n) is 9.30. The van der Waals surface area contributed by atoms with E-state index in [1.54, 1.807) is 23.9 Å². The van der Waals surface area contributed by atoms with Gasteiger partial charge in [-0.1, -0.05) is 0 Å². The summed E-state index contributed by atoms with van der Waals surface area (Å²) in [5, 5.41) is 11.3. The molecule has 0 atom stereocenters. The van der Waals surface area contributed by atoms with Crippen LogP contribution in [-0.2, 0) is 13.6 Å². The van der Waals surface area contributed by atoms with E-state index < -0.39 is 11.7 Å². The minimum atomic E-state index is -4.19. The van der Waals surface area contributed by atoms with Gasteiger partial charge < -0.3 is 4.57 Å². The van der Waals surface area contributed by atoms with Crippen LogP contribution in [0, 0.1) is 11.3 Å². The quantitative estimate of drug-likeness (QED) is 0.883. The molecule has 1 heterocycles. The SMILES string of the molecule is Cn1cc(CNC2(C(F)(F)F)CC2)cc1C#N. The second kappa shape index (κ2) is 3.77. The molecule has 0 unspecified atom stereocenters. The minimum absolute atomic E-state index is 0.133. The van der Waals surface area contributed by atoms with E-state index in [9.17, 15) is 13.2 Å². The molecule has 17 heavy (non-hydrogen) atoms. The van der Waals surface area contributed by atoms with Crippen LogP contribution in [0.1, 0.15) is 24.1 Å². The first-order valence-corrected chi connectivity index (χ1v) is 5.25. The minimum Gasteiger partial charge on any atom is -0.342 e. The van der Waals surface area contributed by atoms with E-state index in [0.29, 0.717) is 11.3 Å². The number of hydrogen-bond donors (Lipinski definition) is 1. The second-order valence-corrected chi connectivity index (χ2v) is 4.39. The molecule has 1 saturated carbocycles. The Labute approximate surface area is 96.8 Å². The zero-order chi connectivity index (χ0) is 12.7. The summed E-state index contributed by atoms with van der Waals surface area (Å²) >= 11 is 0. The number of hydrogen-bond acceptors (Lipinski definition) is 2. The van der Waals surface area contributed by atoms with Crippen LogP contribution in [0.2, 0.25) is 0 Å². The molecule has 1 aromatic heterocycles. The average molecular weight is 243 g/mol. The lowest BCUT2D eigenvalue weighted by atomic mass is 10.2. The van der Waals surface area contributed by atoms with Crippen molar-refractivity contribution in [3.63, 3.8) is 0 Å². The van der Waals surface area contributed by atoms with Crippen molar-refractivity contribution in [1.29, 1.82) is 5.26 Å². The standard InChI is InChI=1S/C11H12F3N3/c1-17-7-8(4-9(17)5-15)6-16-10(2-3-10)11(12,13)14/h4,7,16H,2-3,6H2,1H3. The summed E-state index contributed by atoms with van der Waals surface area (Å²) in [7, 11) is 1.69. The highest BCUT2D eigenvalue weighted by Crippen LogP contribution is 2.49. The van der Waals surface area contributed by atoms with Gasteiger partial charge in [0.15, 0.2) is 0 Å². The summed E-state index contributed by atoms with van der Waals surface area (Å²) in [5.74, 6) is 0. The highest BCUT2D eigenvalue weighted by Gasteiger charge is 2.62. The predicted molar refractivity (Wildman–Crippen MR) is 55.0 cm³/mol. The van der Waals surface area contributed by atoms with Gasteiger partial charge in [-0.15, -0.1) is 0 Å². The Bertz CT molecular complexity index is 463. The van der Waals surface area contributed by atoms with Gasteiger partial charge in [0.2, 0.25) is 0 Å². The molecule has 92 valence electrons. The van der Waals surface area contributed by atoms with Crippen LogP contribution in [0.5, 0.6) is 0 Å². The third-order valence-electron chi connectivity index (χ3n) is 3.10. The van der Waals surface area contributed by atoms with Crippen molar-refractivity contribution in [3.8, 4) is 6.07 Å². The van der Waals surface area contributed by atoms with Crippen LogP contribution in [0.25, 0.3) is 0 Å². The zero-order valence-corrected chi connectivity index (χ0v) is 9.30. The normalized spacial score (nSPS) is 17.8. The maximum atomic E-state index is 12.6. The molecule has 1 aliphatic carbocycles.